The zero-order chi connectivity index (χ0) is 14.8. The number of hydrogen-bond donors (Lipinski definition) is 1. The Labute approximate surface area is 139 Å². The van der Waals surface area contributed by atoms with E-state index in [-0.39, 0.29) is 0 Å². The van der Waals surface area contributed by atoms with Crippen LogP contribution in [0, 0.1) is 0 Å². The number of rotatable bonds is 4. The zero-order valence-electron chi connectivity index (χ0n) is 12.0. The minimum absolute atomic E-state index is 0.382. The molecule has 0 bridgehead atoms. The molecule has 0 aromatic heterocycles. The lowest BCUT2D eigenvalue weighted by Gasteiger charge is -2.38. The standard InChI is InChI=1S/C18H19BrClN/c1-12(13-4-2-6-16(19)8-13)21-18-10-15(11-18)14-5-3-7-17(20)9-14/h2-9,12,15,18,21H,10-11H2,1H3/t12-,15?,18?/m0/s1. The molecule has 21 heavy (non-hydrogen) atoms. The van der Waals surface area contributed by atoms with Crippen LogP contribution in [0.1, 0.15) is 42.9 Å². The molecule has 0 radical (unpaired) electrons. The van der Waals surface area contributed by atoms with Crippen LogP contribution in [0.15, 0.2) is 53.0 Å². The van der Waals surface area contributed by atoms with E-state index in [4.69, 9.17) is 11.6 Å². The summed E-state index contributed by atoms with van der Waals surface area (Å²) in [6, 6.07) is 17.8. The van der Waals surface area contributed by atoms with Crippen LogP contribution in [0.25, 0.3) is 0 Å². The molecule has 0 amide bonds. The van der Waals surface area contributed by atoms with Gasteiger partial charge in [0, 0.05) is 21.6 Å². The molecule has 3 rings (SSSR count). The van der Waals surface area contributed by atoms with Crippen molar-refractivity contribution in [1.29, 1.82) is 0 Å². The van der Waals surface area contributed by atoms with Crippen LogP contribution in [0.5, 0.6) is 0 Å². The van der Waals surface area contributed by atoms with E-state index in [0.717, 1.165) is 9.50 Å². The summed E-state index contributed by atoms with van der Waals surface area (Å²) in [6.07, 6.45) is 2.39. The molecule has 0 spiro atoms. The molecule has 0 heterocycles. The predicted octanol–water partition coefficient (Wildman–Crippen LogP) is 5.70. The zero-order valence-corrected chi connectivity index (χ0v) is 14.4. The lowest BCUT2D eigenvalue weighted by Crippen LogP contribution is -2.41. The average Bonchev–Trinajstić information content (AvgIpc) is 2.42. The number of halogens is 2. The highest BCUT2D eigenvalue weighted by Crippen LogP contribution is 2.38. The third-order valence-electron chi connectivity index (χ3n) is 4.29. The van der Waals surface area contributed by atoms with Crippen LogP contribution in [0.3, 0.4) is 0 Å². The molecule has 1 aliphatic rings. The van der Waals surface area contributed by atoms with Gasteiger partial charge in [-0.3, -0.25) is 0 Å². The molecule has 0 saturated heterocycles. The quantitative estimate of drug-likeness (QED) is 0.734. The van der Waals surface area contributed by atoms with Crippen molar-refractivity contribution in [2.24, 2.45) is 0 Å². The van der Waals surface area contributed by atoms with Crippen molar-refractivity contribution in [1.82, 2.24) is 5.32 Å². The van der Waals surface area contributed by atoms with Crippen LogP contribution in [-0.4, -0.2) is 6.04 Å². The summed E-state index contributed by atoms with van der Waals surface area (Å²) in [7, 11) is 0. The summed E-state index contributed by atoms with van der Waals surface area (Å²) < 4.78 is 1.14. The number of nitrogens with one attached hydrogen (secondary N) is 1. The van der Waals surface area contributed by atoms with Gasteiger partial charge in [0.1, 0.15) is 0 Å². The summed E-state index contributed by atoms with van der Waals surface area (Å²) in [5.74, 6) is 0.649. The molecule has 1 nitrogen and oxygen atoms in total. The van der Waals surface area contributed by atoms with Gasteiger partial charge in [-0.1, -0.05) is 51.8 Å². The Kier molecular flexibility index (Phi) is 4.68. The molecule has 0 unspecified atom stereocenters. The first kappa shape index (κ1) is 15.1. The smallest absolute Gasteiger partial charge is 0.0408 e. The Morgan fingerprint density at radius 1 is 1.14 bits per heavy atom. The fourth-order valence-corrected chi connectivity index (χ4v) is 3.63. The van der Waals surface area contributed by atoms with Gasteiger partial charge in [0.2, 0.25) is 0 Å². The summed E-state index contributed by atoms with van der Waals surface area (Å²) >= 11 is 9.60. The highest BCUT2D eigenvalue weighted by atomic mass is 79.9. The third-order valence-corrected chi connectivity index (χ3v) is 5.02. The van der Waals surface area contributed by atoms with Crippen molar-refractivity contribution in [2.45, 2.75) is 37.8 Å². The first-order valence-corrected chi connectivity index (χ1v) is 8.56. The van der Waals surface area contributed by atoms with Crippen molar-refractivity contribution in [3.05, 3.63) is 69.2 Å². The Bertz CT molecular complexity index is 622. The van der Waals surface area contributed by atoms with Crippen LogP contribution in [0.4, 0.5) is 0 Å². The van der Waals surface area contributed by atoms with Crippen LogP contribution < -0.4 is 5.32 Å². The third kappa shape index (κ3) is 3.68. The fourth-order valence-electron chi connectivity index (χ4n) is 3.01. The molecule has 1 fully saturated rings. The van der Waals surface area contributed by atoms with Crippen LogP contribution in [-0.2, 0) is 0 Å². The Morgan fingerprint density at radius 3 is 2.62 bits per heavy atom. The van der Waals surface area contributed by atoms with Crippen molar-refractivity contribution < 1.29 is 0 Å². The van der Waals surface area contributed by atoms with E-state index >= 15 is 0 Å². The van der Waals surface area contributed by atoms with Gasteiger partial charge in [-0.2, -0.15) is 0 Å². The summed E-state index contributed by atoms with van der Waals surface area (Å²) in [4.78, 5) is 0. The van der Waals surface area contributed by atoms with E-state index in [0.29, 0.717) is 18.0 Å². The van der Waals surface area contributed by atoms with Gasteiger partial charge < -0.3 is 5.32 Å². The monoisotopic (exact) mass is 363 g/mol. The van der Waals surface area contributed by atoms with Crippen molar-refractivity contribution in [3.8, 4) is 0 Å². The second-order valence-corrected chi connectivity index (χ2v) is 7.22. The van der Waals surface area contributed by atoms with Gasteiger partial charge >= 0.3 is 0 Å². The van der Waals surface area contributed by atoms with Gasteiger partial charge in [-0.15, -0.1) is 0 Å². The maximum Gasteiger partial charge on any atom is 0.0408 e. The lowest BCUT2D eigenvalue weighted by atomic mass is 9.75. The lowest BCUT2D eigenvalue weighted by molar-refractivity contribution is 0.271. The normalized spacial score (nSPS) is 22.6. The molecule has 1 N–H and O–H groups in total. The Hall–Kier alpha value is -0.830. The highest BCUT2D eigenvalue weighted by molar-refractivity contribution is 9.10. The van der Waals surface area contributed by atoms with Gasteiger partial charge in [-0.25, -0.2) is 0 Å². The Balaban J connectivity index is 1.55. The van der Waals surface area contributed by atoms with E-state index in [1.54, 1.807) is 0 Å². The molecule has 110 valence electrons. The number of benzene rings is 2. The van der Waals surface area contributed by atoms with Gasteiger partial charge in [-0.05, 0) is 61.1 Å². The van der Waals surface area contributed by atoms with Crippen molar-refractivity contribution in [3.63, 3.8) is 0 Å². The molecule has 3 heteroatoms. The summed E-state index contributed by atoms with van der Waals surface area (Å²) in [5, 5.41) is 4.56. The highest BCUT2D eigenvalue weighted by Gasteiger charge is 2.31. The van der Waals surface area contributed by atoms with Gasteiger partial charge in [0.15, 0.2) is 0 Å². The van der Waals surface area contributed by atoms with E-state index < -0.39 is 0 Å². The van der Waals surface area contributed by atoms with Crippen LogP contribution >= 0.6 is 27.5 Å². The maximum absolute atomic E-state index is 6.07. The first-order valence-electron chi connectivity index (χ1n) is 7.39. The minimum Gasteiger partial charge on any atom is -0.307 e. The topological polar surface area (TPSA) is 12.0 Å². The number of hydrogen-bond acceptors (Lipinski definition) is 1. The van der Waals surface area contributed by atoms with E-state index in [9.17, 15) is 0 Å². The molecule has 2 aromatic carbocycles. The molecule has 1 aliphatic carbocycles. The molecular weight excluding hydrogens is 346 g/mol. The summed E-state index contributed by atoms with van der Waals surface area (Å²) in [5.41, 5.74) is 2.70. The first-order chi connectivity index (χ1) is 10.1. The SMILES string of the molecule is C[C@H](NC1CC(c2cccc(Cl)c2)C1)c1cccc(Br)c1. The van der Waals surface area contributed by atoms with Crippen molar-refractivity contribution in [2.75, 3.05) is 0 Å². The fraction of sp³-hybridized carbons (Fsp3) is 0.333. The van der Waals surface area contributed by atoms with E-state index in [2.05, 4.69) is 64.6 Å². The van der Waals surface area contributed by atoms with Crippen LogP contribution in [0.2, 0.25) is 5.02 Å². The van der Waals surface area contributed by atoms with E-state index in [1.165, 1.54) is 24.0 Å². The predicted molar refractivity (Wildman–Crippen MR) is 92.9 cm³/mol. The second-order valence-electron chi connectivity index (χ2n) is 5.86. The molecule has 0 aliphatic heterocycles. The van der Waals surface area contributed by atoms with Gasteiger partial charge in [0.25, 0.3) is 0 Å². The summed E-state index contributed by atoms with van der Waals surface area (Å²) in [6.45, 7) is 2.23. The Morgan fingerprint density at radius 2 is 1.90 bits per heavy atom. The largest absolute Gasteiger partial charge is 0.307 e. The molecule has 2 aromatic rings. The average molecular weight is 365 g/mol. The van der Waals surface area contributed by atoms with Crippen molar-refractivity contribution >= 4 is 27.5 Å². The maximum atomic E-state index is 6.07. The second kappa shape index (κ2) is 6.51. The molecular formula is C18H19BrClN. The van der Waals surface area contributed by atoms with E-state index in [1.807, 2.05) is 12.1 Å². The molecule has 1 atom stereocenters. The van der Waals surface area contributed by atoms with Gasteiger partial charge in [0.05, 0.1) is 0 Å². The molecule has 1 saturated carbocycles. The minimum atomic E-state index is 0.382.